The Bertz CT molecular complexity index is 653. The fraction of sp³-hybridized carbons (Fsp3) is 0.571. The average Bonchev–Trinajstić information content (AvgIpc) is 2.64. The molecule has 1 aromatic heterocycles. The first-order chi connectivity index (χ1) is 12.2. The third-order valence-electron chi connectivity index (χ3n) is 4.88. The van der Waals surface area contributed by atoms with Gasteiger partial charge in [-0.1, -0.05) is 26.7 Å². The van der Waals surface area contributed by atoms with Crippen molar-refractivity contribution in [2.45, 2.75) is 46.5 Å². The zero-order valence-corrected chi connectivity index (χ0v) is 16.3. The Kier molecular flexibility index (Phi) is 7.99. The Morgan fingerprint density at radius 1 is 1.08 bits per heavy atom. The van der Waals surface area contributed by atoms with Crippen LogP contribution in [0.15, 0.2) is 24.4 Å². The number of nitrogens with zero attached hydrogens (tertiary/aromatic N) is 2. The summed E-state index contributed by atoms with van der Waals surface area (Å²) in [7, 11) is 1.71. The van der Waals surface area contributed by atoms with Gasteiger partial charge < -0.3 is 15.0 Å². The van der Waals surface area contributed by atoms with Crippen LogP contribution in [0.25, 0.3) is 10.9 Å². The highest BCUT2D eigenvalue weighted by atomic mass is 16.5. The van der Waals surface area contributed by atoms with Gasteiger partial charge in [-0.05, 0) is 57.1 Å². The lowest BCUT2D eigenvalue weighted by atomic mass is 10.1. The van der Waals surface area contributed by atoms with Crippen molar-refractivity contribution in [1.29, 1.82) is 0 Å². The molecule has 2 rings (SSSR count). The van der Waals surface area contributed by atoms with Crippen molar-refractivity contribution in [2.24, 2.45) is 0 Å². The lowest BCUT2D eigenvalue weighted by Crippen LogP contribution is -2.23. The molecule has 0 saturated heterocycles. The molecule has 4 heteroatoms. The molecule has 1 N–H and O–H groups in total. The van der Waals surface area contributed by atoms with E-state index in [0.717, 1.165) is 42.0 Å². The second kappa shape index (κ2) is 10.2. The predicted molar refractivity (Wildman–Crippen MR) is 108 cm³/mol. The third kappa shape index (κ3) is 5.60. The highest BCUT2D eigenvalue weighted by molar-refractivity contribution is 5.93. The molecule has 0 saturated carbocycles. The normalized spacial score (nSPS) is 11.2. The van der Waals surface area contributed by atoms with Gasteiger partial charge in [0.25, 0.3) is 0 Å². The summed E-state index contributed by atoms with van der Waals surface area (Å²) in [5.74, 6) is 0.880. The number of aromatic nitrogens is 1. The van der Waals surface area contributed by atoms with E-state index < -0.39 is 0 Å². The van der Waals surface area contributed by atoms with E-state index in [1.807, 2.05) is 12.3 Å². The topological polar surface area (TPSA) is 37.4 Å². The van der Waals surface area contributed by atoms with Crippen LogP contribution in [0.5, 0.6) is 5.75 Å². The van der Waals surface area contributed by atoms with Gasteiger partial charge >= 0.3 is 0 Å². The quantitative estimate of drug-likeness (QED) is 0.591. The van der Waals surface area contributed by atoms with Gasteiger partial charge in [0.05, 0.1) is 18.3 Å². The number of unbranched alkanes of at least 4 members (excludes halogenated alkanes) is 3. The van der Waals surface area contributed by atoms with Crippen molar-refractivity contribution in [3.63, 3.8) is 0 Å². The number of ether oxygens (including phenoxy) is 1. The Morgan fingerprint density at radius 2 is 1.84 bits per heavy atom. The molecule has 0 aliphatic heterocycles. The predicted octanol–water partition coefficient (Wildman–Crippen LogP) is 4.87. The van der Waals surface area contributed by atoms with E-state index in [9.17, 15) is 0 Å². The first kappa shape index (κ1) is 19.5. The van der Waals surface area contributed by atoms with Gasteiger partial charge in [-0.25, -0.2) is 0 Å². The van der Waals surface area contributed by atoms with E-state index in [-0.39, 0.29) is 0 Å². The minimum absolute atomic E-state index is 0.880. The van der Waals surface area contributed by atoms with Crippen LogP contribution < -0.4 is 10.1 Å². The molecule has 0 spiro atoms. The zero-order valence-electron chi connectivity index (χ0n) is 16.3. The van der Waals surface area contributed by atoms with Crippen molar-refractivity contribution in [3.05, 3.63) is 30.0 Å². The zero-order chi connectivity index (χ0) is 18.1. The molecule has 138 valence electrons. The van der Waals surface area contributed by atoms with Crippen LogP contribution in [0.4, 0.5) is 5.69 Å². The van der Waals surface area contributed by atoms with Crippen LogP contribution in [0, 0.1) is 6.92 Å². The standard InChI is InChI=1S/C21H33N3O/c1-5-24(6-2)14-10-8-7-9-12-22-20-16-18(25-4)15-19-17(3)11-13-23-21(19)20/h11,13,15-16,22H,5-10,12,14H2,1-4H3. The number of fused-ring (bicyclic) bond motifs is 1. The van der Waals surface area contributed by atoms with Gasteiger partial charge in [-0.2, -0.15) is 0 Å². The number of methoxy groups -OCH3 is 1. The minimum atomic E-state index is 0.880. The first-order valence-corrected chi connectivity index (χ1v) is 9.59. The summed E-state index contributed by atoms with van der Waals surface area (Å²) in [5, 5.41) is 4.71. The lowest BCUT2D eigenvalue weighted by Gasteiger charge is -2.17. The maximum absolute atomic E-state index is 5.45. The highest BCUT2D eigenvalue weighted by Crippen LogP contribution is 2.29. The first-order valence-electron chi connectivity index (χ1n) is 9.59. The van der Waals surface area contributed by atoms with Crippen LogP contribution in [0.3, 0.4) is 0 Å². The number of pyridine rings is 1. The third-order valence-corrected chi connectivity index (χ3v) is 4.88. The Balaban J connectivity index is 1.84. The van der Waals surface area contributed by atoms with Crippen LogP contribution >= 0.6 is 0 Å². The van der Waals surface area contributed by atoms with E-state index in [1.54, 1.807) is 7.11 Å². The number of nitrogens with one attached hydrogen (secondary N) is 1. The summed E-state index contributed by atoms with van der Waals surface area (Å²) in [6, 6.07) is 6.16. The molecule has 0 bridgehead atoms. The molecule has 0 amide bonds. The summed E-state index contributed by atoms with van der Waals surface area (Å²) >= 11 is 0. The van der Waals surface area contributed by atoms with Crippen molar-refractivity contribution in [2.75, 3.05) is 38.6 Å². The van der Waals surface area contributed by atoms with Gasteiger partial charge in [-0.3, -0.25) is 4.98 Å². The molecule has 0 unspecified atom stereocenters. The minimum Gasteiger partial charge on any atom is -0.497 e. The number of hydrogen-bond donors (Lipinski definition) is 1. The van der Waals surface area contributed by atoms with E-state index in [4.69, 9.17) is 4.74 Å². The maximum Gasteiger partial charge on any atom is 0.121 e. The summed E-state index contributed by atoms with van der Waals surface area (Å²) < 4.78 is 5.45. The summed E-state index contributed by atoms with van der Waals surface area (Å²) in [4.78, 5) is 7.06. The number of benzene rings is 1. The van der Waals surface area contributed by atoms with E-state index in [0.29, 0.717) is 0 Å². The maximum atomic E-state index is 5.45. The largest absolute Gasteiger partial charge is 0.497 e. The smallest absolute Gasteiger partial charge is 0.121 e. The van der Waals surface area contributed by atoms with E-state index in [1.165, 1.54) is 37.8 Å². The molecule has 0 aliphatic carbocycles. The number of anilines is 1. The molecule has 25 heavy (non-hydrogen) atoms. The Morgan fingerprint density at radius 3 is 2.56 bits per heavy atom. The van der Waals surface area contributed by atoms with E-state index in [2.05, 4.69) is 48.1 Å². The SMILES string of the molecule is CCN(CC)CCCCCCNc1cc(OC)cc2c(C)ccnc12. The van der Waals surface area contributed by atoms with Crippen LogP contribution in [-0.4, -0.2) is 43.2 Å². The van der Waals surface area contributed by atoms with Gasteiger partial charge in [-0.15, -0.1) is 0 Å². The molecule has 0 fully saturated rings. The second-order valence-corrected chi connectivity index (χ2v) is 6.57. The summed E-state index contributed by atoms with van der Waals surface area (Å²) in [6.45, 7) is 11.1. The molecule has 0 aliphatic rings. The Hall–Kier alpha value is -1.81. The fourth-order valence-corrected chi connectivity index (χ4v) is 3.19. The summed E-state index contributed by atoms with van der Waals surface area (Å²) in [6.07, 6.45) is 6.92. The molecular formula is C21H33N3O. The van der Waals surface area contributed by atoms with Gasteiger partial charge in [0.15, 0.2) is 0 Å². The Labute approximate surface area is 152 Å². The van der Waals surface area contributed by atoms with Crippen LogP contribution in [-0.2, 0) is 0 Å². The number of rotatable bonds is 11. The van der Waals surface area contributed by atoms with Crippen molar-refractivity contribution in [1.82, 2.24) is 9.88 Å². The van der Waals surface area contributed by atoms with Gasteiger partial charge in [0.2, 0.25) is 0 Å². The molecule has 4 nitrogen and oxygen atoms in total. The van der Waals surface area contributed by atoms with Gasteiger partial charge in [0.1, 0.15) is 5.75 Å². The molecule has 1 heterocycles. The molecule has 1 aromatic carbocycles. The van der Waals surface area contributed by atoms with Crippen molar-refractivity contribution < 1.29 is 4.74 Å². The molecule has 0 radical (unpaired) electrons. The van der Waals surface area contributed by atoms with Crippen molar-refractivity contribution >= 4 is 16.6 Å². The lowest BCUT2D eigenvalue weighted by molar-refractivity contribution is 0.295. The molecular weight excluding hydrogens is 310 g/mol. The fourth-order valence-electron chi connectivity index (χ4n) is 3.19. The second-order valence-electron chi connectivity index (χ2n) is 6.57. The van der Waals surface area contributed by atoms with Crippen LogP contribution in [0.2, 0.25) is 0 Å². The summed E-state index contributed by atoms with van der Waals surface area (Å²) in [5.41, 5.74) is 3.33. The highest BCUT2D eigenvalue weighted by Gasteiger charge is 2.07. The number of aryl methyl sites for hydroxylation is 1. The van der Waals surface area contributed by atoms with Crippen molar-refractivity contribution in [3.8, 4) is 5.75 Å². The monoisotopic (exact) mass is 343 g/mol. The molecule has 2 aromatic rings. The van der Waals surface area contributed by atoms with Crippen LogP contribution in [0.1, 0.15) is 45.1 Å². The van der Waals surface area contributed by atoms with Gasteiger partial charge in [0, 0.05) is 24.2 Å². The number of hydrogen-bond acceptors (Lipinski definition) is 4. The average molecular weight is 344 g/mol. The molecule has 0 atom stereocenters. The van der Waals surface area contributed by atoms with E-state index >= 15 is 0 Å².